The summed E-state index contributed by atoms with van der Waals surface area (Å²) in [6, 6.07) is -0.132. The van der Waals surface area contributed by atoms with E-state index in [2.05, 4.69) is 5.32 Å². The lowest BCUT2D eigenvalue weighted by Gasteiger charge is -2.32. The van der Waals surface area contributed by atoms with Gasteiger partial charge >= 0.3 is 6.18 Å². The van der Waals surface area contributed by atoms with Gasteiger partial charge in [0.05, 0.1) is 0 Å². The van der Waals surface area contributed by atoms with E-state index in [9.17, 15) is 18.0 Å². The molecule has 3 nitrogen and oxygen atoms in total. The second-order valence-electron chi connectivity index (χ2n) is 3.80. The fraction of sp³-hybridized carbons (Fsp3) is 0.875. The van der Waals surface area contributed by atoms with E-state index < -0.39 is 17.6 Å². The molecule has 0 spiro atoms. The van der Waals surface area contributed by atoms with E-state index in [4.69, 9.17) is 5.73 Å². The van der Waals surface area contributed by atoms with Crippen LogP contribution in [0.3, 0.4) is 0 Å². The van der Waals surface area contributed by atoms with Gasteiger partial charge in [0, 0.05) is 6.04 Å². The van der Waals surface area contributed by atoms with E-state index in [1.165, 1.54) is 0 Å². The first kappa shape index (κ1) is 11.3. The number of nitrogens with two attached hydrogens (primary N) is 1. The second-order valence-corrected chi connectivity index (χ2v) is 3.80. The fourth-order valence-electron chi connectivity index (χ4n) is 1.02. The van der Waals surface area contributed by atoms with Gasteiger partial charge in [0.1, 0.15) is 0 Å². The summed E-state index contributed by atoms with van der Waals surface area (Å²) < 4.78 is 36.8. The highest BCUT2D eigenvalue weighted by Gasteiger charge is 2.54. The quantitative estimate of drug-likeness (QED) is 0.712. The summed E-state index contributed by atoms with van der Waals surface area (Å²) >= 11 is 0. The molecule has 1 rings (SSSR count). The van der Waals surface area contributed by atoms with Crippen LogP contribution in [0.2, 0.25) is 0 Å². The van der Waals surface area contributed by atoms with Crippen LogP contribution in [0.5, 0.6) is 0 Å². The third-order valence-electron chi connectivity index (χ3n) is 2.50. The minimum Gasteiger partial charge on any atom is -0.351 e. The molecule has 0 aromatic rings. The van der Waals surface area contributed by atoms with E-state index in [-0.39, 0.29) is 6.04 Å². The van der Waals surface area contributed by atoms with Gasteiger partial charge in [0.25, 0.3) is 0 Å². The van der Waals surface area contributed by atoms with Crippen LogP contribution in [0.1, 0.15) is 26.2 Å². The highest BCUT2D eigenvalue weighted by atomic mass is 19.4. The molecule has 1 saturated carbocycles. The molecule has 0 radical (unpaired) electrons. The summed E-state index contributed by atoms with van der Waals surface area (Å²) in [4.78, 5) is 11.2. The zero-order chi connectivity index (χ0) is 11.0. The maximum atomic E-state index is 12.3. The number of amides is 1. The molecular weight excluding hydrogens is 197 g/mol. The molecule has 14 heavy (non-hydrogen) atoms. The zero-order valence-corrected chi connectivity index (χ0v) is 7.82. The Bertz CT molecular complexity index is 233. The molecule has 1 unspecified atom stereocenters. The highest BCUT2D eigenvalue weighted by Crippen LogP contribution is 2.29. The lowest BCUT2D eigenvalue weighted by molar-refractivity contribution is -0.188. The minimum atomic E-state index is -4.71. The molecule has 0 aromatic heterocycles. The van der Waals surface area contributed by atoms with Gasteiger partial charge in [0.2, 0.25) is 5.91 Å². The van der Waals surface area contributed by atoms with Gasteiger partial charge in [-0.15, -0.1) is 0 Å². The number of halogens is 3. The van der Waals surface area contributed by atoms with Gasteiger partial charge in [-0.05, 0) is 26.2 Å². The van der Waals surface area contributed by atoms with Crippen LogP contribution in [0, 0.1) is 0 Å². The van der Waals surface area contributed by atoms with E-state index in [1.54, 1.807) is 0 Å². The van der Waals surface area contributed by atoms with Crippen molar-refractivity contribution in [1.29, 1.82) is 0 Å². The smallest absolute Gasteiger partial charge is 0.351 e. The molecule has 6 heteroatoms. The normalized spacial score (nSPS) is 22.4. The van der Waals surface area contributed by atoms with Gasteiger partial charge in [-0.1, -0.05) is 0 Å². The van der Waals surface area contributed by atoms with Crippen molar-refractivity contribution in [3.63, 3.8) is 0 Å². The van der Waals surface area contributed by atoms with Crippen molar-refractivity contribution in [2.24, 2.45) is 5.73 Å². The fourth-order valence-corrected chi connectivity index (χ4v) is 1.02. The number of nitrogens with one attached hydrogen (secondary N) is 1. The Kier molecular flexibility index (Phi) is 2.76. The van der Waals surface area contributed by atoms with Crippen LogP contribution in [0.15, 0.2) is 0 Å². The van der Waals surface area contributed by atoms with Crippen LogP contribution in [0.25, 0.3) is 0 Å². The Balaban J connectivity index is 2.57. The molecule has 1 amide bonds. The standard InChI is InChI=1S/C8H13F3N2O/c1-7(12,8(9,10)11)6(14)13-5-3-2-4-5/h5H,2-4,12H2,1H3,(H,13,14). The molecule has 82 valence electrons. The monoisotopic (exact) mass is 210 g/mol. The van der Waals surface area contributed by atoms with Gasteiger partial charge in [-0.3, -0.25) is 4.79 Å². The van der Waals surface area contributed by atoms with Crippen molar-refractivity contribution < 1.29 is 18.0 Å². The maximum absolute atomic E-state index is 12.3. The first-order valence-corrected chi connectivity index (χ1v) is 4.41. The highest BCUT2D eigenvalue weighted by molar-refractivity contribution is 5.86. The zero-order valence-electron chi connectivity index (χ0n) is 7.82. The molecular formula is C8H13F3N2O. The lowest BCUT2D eigenvalue weighted by Crippen LogP contribution is -2.63. The Morgan fingerprint density at radius 3 is 2.21 bits per heavy atom. The first-order chi connectivity index (χ1) is 6.25. The molecule has 1 fully saturated rings. The molecule has 0 bridgehead atoms. The summed E-state index contributed by atoms with van der Waals surface area (Å²) in [5.74, 6) is -1.14. The maximum Gasteiger partial charge on any atom is 0.415 e. The largest absolute Gasteiger partial charge is 0.415 e. The van der Waals surface area contributed by atoms with Gasteiger partial charge < -0.3 is 11.1 Å². The molecule has 1 aliphatic carbocycles. The Labute approximate surface area is 79.8 Å². The average Bonchev–Trinajstić information content (AvgIpc) is 1.93. The Morgan fingerprint density at radius 1 is 1.43 bits per heavy atom. The van der Waals surface area contributed by atoms with Crippen LogP contribution in [-0.2, 0) is 4.79 Å². The minimum absolute atomic E-state index is 0.132. The number of rotatable bonds is 2. The predicted molar refractivity (Wildman–Crippen MR) is 44.4 cm³/mol. The van der Waals surface area contributed by atoms with Crippen molar-refractivity contribution >= 4 is 5.91 Å². The van der Waals surface area contributed by atoms with Crippen molar-refractivity contribution in [3.8, 4) is 0 Å². The van der Waals surface area contributed by atoms with Crippen molar-refractivity contribution in [2.75, 3.05) is 0 Å². The van der Waals surface area contributed by atoms with Crippen molar-refractivity contribution in [2.45, 2.75) is 43.9 Å². The van der Waals surface area contributed by atoms with E-state index in [0.29, 0.717) is 6.92 Å². The van der Waals surface area contributed by atoms with Gasteiger partial charge in [-0.2, -0.15) is 13.2 Å². The third kappa shape index (κ3) is 2.00. The molecule has 1 aliphatic rings. The van der Waals surface area contributed by atoms with Gasteiger partial charge in [0.15, 0.2) is 5.54 Å². The Morgan fingerprint density at radius 2 is 1.93 bits per heavy atom. The summed E-state index contributed by atoms with van der Waals surface area (Å²) in [6.07, 6.45) is -2.29. The molecule has 0 aromatic carbocycles. The lowest BCUT2D eigenvalue weighted by atomic mass is 9.91. The second kappa shape index (κ2) is 3.42. The molecule has 3 N–H and O–H groups in total. The number of hydrogen-bond acceptors (Lipinski definition) is 2. The Hall–Kier alpha value is -0.780. The van der Waals surface area contributed by atoms with Crippen LogP contribution in [0.4, 0.5) is 13.2 Å². The van der Waals surface area contributed by atoms with Crippen LogP contribution < -0.4 is 11.1 Å². The molecule has 0 saturated heterocycles. The van der Waals surface area contributed by atoms with Crippen LogP contribution >= 0.6 is 0 Å². The molecule has 0 aliphatic heterocycles. The topological polar surface area (TPSA) is 55.1 Å². The summed E-state index contributed by atoms with van der Waals surface area (Å²) in [5, 5.41) is 2.28. The summed E-state index contributed by atoms with van der Waals surface area (Å²) in [5.41, 5.74) is 2.14. The third-order valence-corrected chi connectivity index (χ3v) is 2.50. The number of hydrogen-bond donors (Lipinski definition) is 2. The van der Waals surface area contributed by atoms with E-state index in [0.717, 1.165) is 19.3 Å². The number of alkyl halides is 3. The van der Waals surface area contributed by atoms with Crippen LogP contribution in [-0.4, -0.2) is 23.7 Å². The number of carbonyl (C=O) groups is 1. The van der Waals surface area contributed by atoms with Gasteiger partial charge in [-0.25, -0.2) is 0 Å². The first-order valence-electron chi connectivity index (χ1n) is 4.41. The van der Waals surface area contributed by atoms with Crippen molar-refractivity contribution in [1.82, 2.24) is 5.32 Å². The SMILES string of the molecule is CC(N)(C(=O)NC1CCC1)C(F)(F)F. The number of carbonyl (C=O) groups excluding carboxylic acids is 1. The van der Waals surface area contributed by atoms with E-state index in [1.807, 2.05) is 0 Å². The van der Waals surface area contributed by atoms with E-state index >= 15 is 0 Å². The van der Waals surface area contributed by atoms with Crippen molar-refractivity contribution in [3.05, 3.63) is 0 Å². The average molecular weight is 210 g/mol. The summed E-state index contributed by atoms with van der Waals surface area (Å²) in [6.45, 7) is 0.682. The molecule has 0 heterocycles. The molecule has 1 atom stereocenters. The summed E-state index contributed by atoms with van der Waals surface area (Å²) in [7, 11) is 0. The predicted octanol–water partition coefficient (Wildman–Crippen LogP) is 0.935.